The van der Waals surface area contributed by atoms with Crippen LogP contribution in [0, 0.1) is 5.92 Å². The zero-order chi connectivity index (χ0) is 13.3. The monoisotopic (exact) mass is 247 g/mol. The molecule has 0 aliphatic carbocycles. The first kappa shape index (κ1) is 16.4. The molecule has 0 spiro atoms. The zero-order valence-corrected chi connectivity index (χ0v) is 11.3. The highest BCUT2D eigenvalue weighted by Gasteiger charge is 2.17. The first-order valence-electron chi connectivity index (χ1n) is 6.03. The van der Waals surface area contributed by atoms with Crippen molar-refractivity contribution in [3.8, 4) is 0 Å². The number of nitrogens with zero attached hydrogens (tertiary/aromatic N) is 1. The van der Waals surface area contributed by atoms with Crippen molar-refractivity contribution in [1.29, 1.82) is 0 Å². The van der Waals surface area contributed by atoms with Crippen LogP contribution in [-0.4, -0.2) is 62.5 Å². The van der Waals surface area contributed by atoms with Crippen molar-refractivity contribution in [3.63, 3.8) is 0 Å². The molecule has 0 unspecified atom stereocenters. The van der Waals surface area contributed by atoms with Gasteiger partial charge in [-0.15, -0.1) is 0 Å². The van der Waals surface area contributed by atoms with E-state index < -0.39 is 6.10 Å². The molecule has 0 saturated carbocycles. The Labute approximate surface area is 104 Å². The number of carbonyl (C=O) groups excluding carboxylic acids is 1. The number of carbonyl (C=O) groups is 1. The molecule has 0 heterocycles. The number of hydrogen-bond acceptors (Lipinski definition) is 5. The molecule has 17 heavy (non-hydrogen) atoms. The molecule has 0 aliphatic heterocycles. The second-order valence-corrected chi connectivity index (χ2v) is 4.28. The summed E-state index contributed by atoms with van der Waals surface area (Å²) in [5.41, 5.74) is 0. The van der Waals surface area contributed by atoms with E-state index in [0.29, 0.717) is 32.7 Å². The maximum absolute atomic E-state index is 11.2. The van der Waals surface area contributed by atoms with Crippen LogP contribution in [0.4, 0.5) is 0 Å². The van der Waals surface area contributed by atoms with Crippen LogP contribution in [-0.2, 0) is 14.3 Å². The molecule has 0 radical (unpaired) electrons. The van der Waals surface area contributed by atoms with Gasteiger partial charge in [-0.05, 0) is 20.4 Å². The predicted molar refractivity (Wildman–Crippen MR) is 65.8 cm³/mol. The van der Waals surface area contributed by atoms with Crippen molar-refractivity contribution in [1.82, 2.24) is 4.90 Å². The summed E-state index contributed by atoms with van der Waals surface area (Å²) in [6, 6.07) is 0. The van der Waals surface area contributed by atoms with Gasteiger partial charge in [0, 0.05) is 26.3 Å². The van der Waals surface area contributed by atoms with Gasteiger partial charge in [-0.3, -0.25) is 4.79 Å². The highest BCUT2D eigenvalue weighted by molar-refractivity contribution is 5.71. The van der Waals surface area contributed by atoms with Crippen molar-refractivity contribution in [2.75, 3.05) is 40.5 Å². The molecular weight excluding hydrogens is 222 g/mol. The van der Waals surface area contributed by atoms with E-state index in [1.807, 2.05) is 25.8 Å². The summed E-state index contributed by atoms with van der Waals surface area (Å²) in [5, 5.41) is 9.72. The molecule has 5 heteroatoms. The summed E-state index contributed by atoms with van der Waals surface area (Å²) < 4.78 is 9.82. The fourth-order valence-corrected chi connectivity index (χ4v) is 1.63. The molecule has 0 amide bonds. The molecule has 0 aliphatic rings. The number of aliphatic hydroxyl groups is 1. The van der Waals surface area contributed by atoms with E-state index in [4.69, 9.17) is 4.74 Å². The van der Waals surface area contributed by atoms with Gasteiger partial charge >= 0.3 is 5.97 Å². The van der Waals surface area contributed by atoms with Crippen molar-refractivity contribution < 1.29 is 19.4 Å². The lowest BCUT2D eigenvalue weighted by molar-refractivity contribution is -0.145. The normalized spacial score (nSPS) is 14.7. The Morgan fingerprint density at radius 2 is 2.06 bits per heavy atom. The summed E-state index contributed by atoms with van der Waals surface area (Å²) in [6.07, 6.45) is 0.196. The van der Waals surface area contributed by atoms with Gasteiger partial charge in [-0.2, -0.15) is 0 Å². The van der Waals surface area contributed by atoms with Crippen LogP contribution >= 0.6 is 0 Å². The molecule has 0 aromatic rings. The van der Waals surface area contributed by atoms with Gasteiger partial charge in [0.15, 0.2) is 0 Å². The summed E-state index contributed by atoms with van der Waals surface area (Å²) in [4.78, 5) is 13.1. The highest BCUT2D eigenvalue weighted by Crippen LogP contribution is 2.03. The van der Waals surface area contributed by atoms with Gasteiger partial charge in [0.2, 0.25) is 0 Å². The predicted octanol–water partition coefficient (Wildman–Crippen LogP) is 0.515. The fraction of sp³-hybridized carbons (Fsp3) is 0.917. The summed E-state index contributed by atoms with van der Waals surface area (Å²) in [7, 11) is 3.26. The van der Waals surface area contributed by atoms with Crippen molar-refractivity contribution in [3.05, 3.63) is 0 Å². The average Bonchev–Trinajstić information content (AvgIpc) is 2.27. The van der Waals surface area contributed by atoms with Crippen molar-refractivity contribution in [2.45, 2.75) is 26.4 Å². The number of ether oxygens (including phenoxy) is 2. The van der Waals surface area contributed by atoms with Crippen LogP contribution in [0.3, 0.4) is 0 Å². The van der Waals surface area contributed by atoms with Crippen LogP contribution in [0.2, 0.25) is 0 Å². The van der Waals surface area contributed by atoms with Gasteiger partial charge in [0.05, 0.1) is 19.1 Å². The molecule has 0 fully saturated rings. The standard InChI is InChI=1S/C12H25NO4/c1-5-17-7-6-11(14)9-13(3)8-10(2)12(15)16-4/h10-11,14H,5-9H2,1-4H3/t10-,11+/m1/s1. The minimum Gasteiger partial charge on any atom is -0.469 e. The van der Waals surface area contributed by atoms with Gasteiger partial charge in [-0.25, -0.2) is 0 Å². The first-order chi connectivity index (χ1) is 8.01. The third kappa shape index (κ3) is 8.12. The minimum absolute atomic E-state index is 0.177. The van der Waals surface area contributed by atoms with E-state index >= 15 is 0 Å². The summed E-state index contributed by atoms with van der Waals surface area (Å²) in [6.45, 7) is 6.10. The largest absolute Gasteiger partial charge is 0.469 e. The number of methoxy groups -OCH3 is 1. The molecule has 0 aromatic heterocycles. The lowest BCUT2D eigenvalue weighted by Gasteiger charge is -2.22. The second kappa shape index (κ2) is 9.39. The number of hydrogen-bond donors (Lipinski definition) is 1. The molecular formula is C12H25NO4. The van der Waals surface area contributed by atoms with E-state index in [9.17, 15) is 9.90 Å². The molecule has 0 saturated heterocycles. The Morgan fingerprint density at radius 1 is 1.41 bits per heavy atom. The molecule has 0 aromatic carbocycles. The topological polar surface area (TPSA) is 59.0 Å². The number of likely N-dealkylation sites (N-methyl/N-ethyl adjacent to an activating group) is 1. The first-order valence-corrected chi connectivity index (χ1v) is 6.03. The van der Waals surface area contributed by atoms with Crippen molar-refractivity contribution in [2.24, 2.45) is 5.92 Å². The van der Waals surface area contributed by atoms with E-state index in [-0.39, 0.29) is 11.9 Å². The van der Waals surface area contributed by atoms with Gasteiger partial charge < -0.3 is 19.5 Å². The minimum atomic E-state index is -0.420. The van der Waals surface area contributed by atoms with Crippen LogP contribution in [0.1, 0.15) is 20.3 Å². The van der Waals surface area contributed by atoms with E-state index in [1.54, 1.807) is 0 Å². The average molecular weight is 247 g/mol. The maximum Gasteiger partial charge on any atom is 0.309 e. The lowest BCUT2D eigenvalue weighted by atomic mass is 10.1. The Morgan fingerprint density at radius 3 is 2.59 bits per heavy atom. The van der Waals surface area contributed by atoms with Crippen LogP contribution < -0.4 is 0 Å². The quantitative estimate of drug-likeness (QED) is 0.475. The molecule has 0 rings (SSSR count). The molecule has 2 atom stereocenters. The summed E-state index contributed by atoms with van der Waals surface area (Å²) in [5.74, 6) is -0.398. The maximum atomic E-state index is 11.2. The van der Waals surface area contributed by atoms with E-state index in [2.05, 4.69) is 4.74 Å². The van der Waals surface area contributed by atoms with Crippen LogP contribution in [0.5, 0.6) is 0 Å². The Balaban J connectivity index is 3.76. The van der Waals surface area contributed by atoms with Crippen LogP contribution in [0.25, 0.3) is 0 Å². The second-order valence-electron chi connectivity index (χ2n) is 4.28. The number of aliphatic hydroxyl groups excluding tert-OH is 1. The zero-order valence-electron chi connectivity index (χ0n) is 11.3. The van der Waals surface area contributed by atoms with Gasteiger partial charge in [-0.1, -0.05) is 6.92 Å². The SMILES string of the molecule is CCOCC[C@H](O)CN(C)C[C@@H](C)C(=O)OC. The van der Waals surface area contributed by atoms with Gasteiger partial charge in [0.25, 0.3) is 0 Å². The lowest BCUT2D eigenvalue weighted by Crippen LogP contribution is -2.35. The third-order valence-corrected chi connectivity index (χ3v) is 2.51. The van der Waals surface area contributed by atoms with E-state index in [1.165, 1.54) is 7.11 Å². The number of esters is 1. The van der Waals surface area contributed by atoms with E-state index in [0.717, 1.165) is 0 Å². The third-order valence-electron chi connectivity index (χ3n) is 2.51. The molecule has 0 bridgehead atoms. The Bertz CT molecular complexity index is 211. The Kier molecular flexibility index (Phi) is 9.03. The fourth-order valence-electron chi connectivity index (χ4n) is 1.63. The molecule has 102 valence electrons. The smallest absolute Gasteiger partial charge is 0.309 e. The molecule has 5 nitrogen and oxygen atoms in total. The number of rotatable bonds is 9. The Hall–Kier alpha value is -0.650. The molecule has 1 N–H and O–H groups in total. The van der Waals surface area contributed by atoms with Gasteiger partial charge in [0.1, 0.15) is 0 Å². The van der Waals surface area contributed by atoms with Crippen molar-refractivity contribution >= 4 is 5.97 Å². The highest BCUT2D eigenvalue weighted by atomic mass is 16.5. The summed E-state index contributed by atoms with van der Waals surface area (Å²) >= 11 is 0. The van der Waals surface area contributed by atoms with Crippen LogP contribution in [0.15, 0.2) is 0 Å².